The normalized spacial score (nSPS) is 12.7. The number of aromatic hydroxyl groups is 2. The molecule has 5 N–H and O–H groups in total. The van der Waals surface area contributed by atoms with Gasteiger partial charge in [-0.15, -0.1) is 0 Å². The van der Waals surface area contributed by atoms with Crippen LogP contribution in [0, 0.1) is 0 Å². The van der Waals surface area contributed by atoms with Crippen LogP contribution in [0.3, 0.4) is 0 Å². The topological polar surface area (TPSA) is 158 Å². The molecule has 0 fully saturated rings. The van der Waals surface area contributed by atoms with E-state index in [1.54, 1.807) is 6.92 Å². The fraction of sp³-hybridized carbons (Fsp3) is 0.250. The van der Waals surface area contributed by atoms with Gasteiger partial charge in [-0.3, -0.25) is 14.3 Å². The highest BCUT2D eigenvalue weighted by atomic mass is 16.3. The second-order valence-corrected chi connectivity index (χ2v) is 6.00. The van der Waals surface area contributed by atoms with Gasteiger partial charge in [0.1, 0.15) is 11.5 Å². The van der Waals surface area contributed by atoms with Crippen LogP contribution >= 0.6 is 0 Å². The lowest BCUT2D eigenvalue weighted by atomic mass is 10.2. The third-order valence-corrected chi connectivity index (χ3v) is 3.84. The van der Waals surface area contributed by atoms with E-state index >= 15 is 0 Å². The van der Waals surface area contributed by atoms with Crippen LogP contribution in [0.2, 0.25) is 0 Å². The van der Waals surface area contributed by atoms with Crippen molar-refractivity contribution in [2.75, 3.05) is 5.43 Å². The highest BCUT2D eigenvalue weighted by Crippen LogP contribution is 2.21. The van der Waals surface area contributed by atoms with Gasteiger partial charge in [-0.05, 0) is 19.1 Å². The van der Waals surface area contributed by atoms with Gasteiger partial charge in [-0.2, -0.15) is 10.1 Å². The number of aliphatic hydroxyl groups is 1. The summed E-state index contributed by atoms with van der Waals surface area (Å²) in [7, 11) is 1.46. The molecule has 0 aliphatic heterocycles. The first-order valence-corrected chi connectivity index (χ1v) is 7.96. The largest absolute Gasteiger partial charge is 0.508 e. The monoisotopic (exact) mass is 374 g/mol. The number of aromatic amines is 1. The van der Waals surface area contributed by atoms with Crippen LogP contribution in [-0.4, -0.2) is 46.7 Å². The van der Waals surface area contributed by atoms with Crippen LogP contribution in [0.1, 0.15) is 12.5 Å². The number of hydrogen-bond acceptors (Lipinski definition) is 8. The molecule has 0 aliphatic carbocycles. The van der Waals surface area contributed by atoms with Gasteiger partial charge in [0.15, 0.2) is 11.2 Å². The Morgan fingerprint density at radius 3 is 2.78 bits per heavy atom. The molecule has 0 spiro atoms. The van der Waals surface area contributed by atoms with Crippen LogP contribution in [0.4, 0.5) is 5.95 Å². The molecule has 2 heterocycles. The number of hydrogen-bond donors (Lipinski definition) is 5. The lowest BCUT2D eigenvalue weighted by Gasteiger charge is -2.09. The summed E-state index contributed by atoms with van der Waals surface area (Å²) in [6, 6.07) is 4.02. The highest BCUT2D eigenvalue weighted by molar-refractivity contribution is 5.84. The van der Waals surface area contributed by atoms with Crippen molar-refractivity contribution < 1.29 is 15.3 Å². The van der Waals surface area contributed by atoms with Crippen LogP contribution in [0.25, 0.3) is 11.2 Å². The molecule has 3 rings (SSSR count). The van der Waals surface area contributed by atoms with Gasteiger partial charge in [-0.25, -0.2) is 10.2 Å². The summed E-state index contributed by atoms with van der Waals surface area (Å²) in [5.41, 5.74) is 1.98. The number of phenolic OH excluding ortho intramolecular Hbond substituents is 2. The zero-order valence-corrected chi connectivity index (χ0v) is 14.5. The van der Waals surface area contributed by atoms with Crippen molar-refractivity contribution in [2.45, 2.75) is 19.6 Å². The molecule has 0 saturated carbocycles. The van der Waals surface area contributed by atoms with Crippen LogP contribution in [0.15, 0.2) is 32.9 Å². The first-order valence-electron chi connectivity index (χ1n) is 7.96. The Bertz CT molecular complexity index is 1140. The number of anilines is 1. The molecule has 0 aliphatic rings. The second kappa shape index (κ2) is 6.96. The molecule has 0 radical (unpaired) electrons. The second-order valence-electron chi connectivity index (χ2n) is 6.00. The van der Waals surface area contributed by atoms with Crippen molar-refractivity contribution in [3.05, 3.63) is 44.6 Å². The standard InChI is InChI=1S/C16H18N6O5/c1-8(23)7-22-12-13(21(2)16(27)19-14(12)26)18-15(22)20-17-6-9-3-4-10(24)5-11(9)25/h3-6,8,23-25H,7H2,1-2H3,(H,18,20)(H,19,26,27)/b17-6-/t8-/m1/s1. The van der Waals surface area contributed by atoms with Crippen molar-refractivity contribution in [1.29, 1.82) is 0 Å². The molecule has 3 aromatic rings. The molecule has 0 amide bonds. The zero-order valence-electron chi connectivity index (χ0n) is 14.5. The minimum absolute atomic E-state index is 0.0418. The number of aryl methyl sites for hydroxylation is 1. The first-order chi connectivity index (χ1) is 12.8. The summed E-state index contributed by atoms with van der Waals surface area (Å²) in [6.07, 6.45) is 0.508. The maximum Gasteiger partial charge on any atom is 0.329 e. The number of aliphatic hydroxyl groups excluding tert-OH is 1. The van der Waals surface area contributed by atoms with Crippen molar-refractivity contribution in [1.82, 2.24) is 19.1 Å². The minimum atomic E-state index is -0.787. The molecule has 142 valence electrons. The Morgan fingerprint density at radius 2 is 2.11 bits per heavy atom. The van der Waals surface area contributed by atoms with Crippen LogP contribution in [0.5, 0.6) is 11.5 Å². The number of nitrogens with one attached hydrogen (secondary N) is 2. The zero-order chi connectivity index (χ0) is 19.7. The average molecular weight is 374 g/mol. The van der Waals surface area contributed by atoms with Crippen molar-refractivity contribution in [2.24, 2.45) is 12.1 Å². The third-order valence-electron chi connectivity index (χ3n) is 3.84. The summed E-state index contributed by atoms with van der Waals surface area (Å²) >= 11 is 0. The van der Waals surface area contributed by atoms with Crippen LogP contribution < -0.4 is 16.7 Å². The molecule has 2 aromatic heterocycles. The van der Waals surface area contributed by atoms with E-state index in [0.29, 0.717) is 5.56 Å². The molecule has 27 heavy (non-hydrogen) atoms. The lowest BCUT2D eigenvalue weighted by Crippen LogP contribution is -2.29. The van der Waals surface area contributed by atoms with Crippen LogP contribution in [-0.2, 0) is 13.6 Å². The van der Waals surface area contributed by atoms with Gasteiger partial charge < -0.3 is 19.9 Å². The third kappa shape index (κ3) is 3.53. The molecule has 1 atom stereocenters. The highest BCUT2D eigenvalue weighted by Gasteiger charge is 2.18. The van der Waals surface area contributed by atoms with Crippen molar-refractivity contribution in [3.8, 4) is 11.5 Å². The Labute approximate surface area is 151 Å². The average Bonchev–Trinajstić information content (AvgIpc) is 2.93. The minimum Gasteiger partial charge on any atom is -0.508 e. The Hall–Kier alpha value is -3.60. The van der Waals surface area contributed by atoms with E-state index in [1.807, 2.05) is 0 Å². The van der Waals surface area contributed by atoms with Gasteiger partial charge in [0.25, 0.3) is 5.56 Å². The van der Waals surface area contributed by atoms with Gasteiger partial charge >= 0.3 is 5.69 Å². The van der Waals surface area contributed by atoms with E-state index in [0.717, 1.165) is 0 Å². The van der Waals surface area contributed by atoms with E-state index in [9.17, 15) is 24.9 Å². The van der Waals surface area contributed by atoms with E-state index in [-0.39, 0.29) is 35.2 Å². The number of aromatic nitrogens is 4. The van der Waals surface area contributed by atoms with E-state index in [4.69, 9.17) is 0 Å². The Balaban J connectivity index is 2.04. The predicted octanol–water partition coefficient (Wildman–Crippen LogP) is -0.339. The molecule has 0 unspecified atom stereocenters. The Kier molecular flexibility index (Phi) is 4.69. The summed E-state index contributed by atoms with van der Waals surface area (Å²) in [5.74, 6) is -0.125. The number of hydrazone groups is 1. The van der Waals surface area contributed by atoms with E-state index < -0.39 is 17.4 Å². The fourth-order valence-electron chi connectivity index (χ4n) is 2.56. The summed E-state index contributed by atoms with van der Waals surface area (Å²) in [5, 5.41) is 32.8. The number of H-pyrrole nitrogens is 1. The lowest BCUT2D eigenvalue weighted by molar-refractivity contribution is 0.175. The predicted molar refractivity (Wildman–Crippen MR) is 98.3 cm³/mol. The summed E-state index contributed by atoms with van der Waals surface area (Å²) in [4.78, 5) is 30.4. The smallest absolute Gasteiger partial charge is 0.329 e. The molecular weight excluding hydrogens is 356 g/mol. The maximum absolute atomic E-state index is 12.2. The van der Waals surface area contributed by atoms with Gasteiger partial charge in [-0.1, -0.05) is 0 Å². The Morgan fingerprint density at radius 1 is 1.37 bits per heavy atom. The summed E-state index contributed by atoms with van der Waals surface area (Å²) < 4.78 is 2.59. The quantitative estimate of drug-likeness (QED) is 0.302. The first kappa shape index (κ1) is 18.2. The molecule has 0 saturated heterocycles. The summed E-state index contributed by atoms with van der Waals surface area (Å²) in [6.45, 7) is 1.59. The fourth-order valence-corrected chi connectivity index (χ4v) is 2.56. The molecule has 0 bridgehead atoms. The number of nitrogens with zero attached hydrogens (tertiary/aromatic N) is 4. The van der Waals surface area contributed by atoms with Gasteiger partial charge in [0.2, 0.25) is 5.95 Å². The SMILES string of the molecule is C[C@@H](O)Cn1c(N/N=C\c2ccc(O)cc2O)nc2c1c(=O)[nH]c(=O)n2C. The number of imidazole rings is 1. The molecule has 11 nitrogen and oxygen atoms in total. The number of rotatable bonds is 5. The van der Waals surface area contributed by atoms with Crippen molar-refractivity contribution in [3.63, 3.8) is 0 Å². The number of phenols is 2. The number of fused-ring (bicyclic) bond motifs is 1. The van der Waals surface area contributed by atoms with Crippen molar-refractivity contribution >= 4 is 23.3 Å². The van der Waals surface area contributed by atoms with E-state index in [1.165, 1.54) is 40.6 Å². The molecular formula is C16H18N6O5. The number of benzene rings is 1. The van der Waals surface area contributed by atoms with Gasteiger partial charge in [0, 0.05) is 18.7 Å². The van der Waals surface area contributed by atoms with Gasteiger partial charge in [0.05, 0.1) is 18.9 Å². The maximum atomic E-state index is 12.2. The van der Waals surface area contributed by atoms with E-state index in [2.05, 4.69) is 20.5 Å². The molecule has 1 aromatic carbocycles. The molecule has 11 heteroatoms.